The van der Waals surface area contributed by atoms with Crippen molar-refractivity contribution in [3.63, 3.8) is 0 Å². The number of carbonyl (C=O) groups excluding carboxylic acids is 1. The fourth-order valence-corrected chi connectivity index (χ4v) is 1.51. The molecule has 1 aromatic carbocycles. The van der Waals surface area contributed by atoms with Gasteiger partial charge in [0.25, 0.3) is 0 Å². The zero-order valence-corrected chi connectivity index (χ0v) is 11.5. The van der Waals surface area contributed by atoms with Gasteiger partial charge >= 0.3 is 5.97 Å². The van der Waals surface area contributed by atoms with Gasteiger partial charge < -0.3 is 9.47 Å². The Kier molecular flexibility index (Phi) is 5.77. The molecule has 0 amide bonds. The average Bonchev–Trinajstić information content (AvgIpc) is 2.23. The normalized spacial score (nSPS) is 9.59. The van der Waals surface area contributed by atoms with E-state index in [1.54, 1.807) is 0 Å². The Morgan fingerprint density at radius 2 is 2.12 bits per heavy atom. The minimum Gasteiger partial charge on any atom is -0.490 e. The summed E-state index contributed by atoms with van der Waals surface area (Å²) < 4.78 is 11.3. The molecule has 17 heavy (non-hydrogen) atoms. The first-order valence-corrected chi connectivity index (χ1v) is 6.07. The molecule has 1 rings (SSSR count). The first-order valence-electron chi connectivity index (χ1n) is 5.28. The highest BCUT2D eigenvalue weighted by Gasteiger charge is 1.98. The largest absolute Gasteiger partial charge is 0.490 e. The van der Waals surface area contributed by atoms with Gasteiger partial charge in [-0.25, -0.2) is 4.79 Å². The highest BCUT2D eigenvalue weighted by atomic mass is 79.9. The maximum Gasteiger partial charge on any atom is 0.330 e. The van der Waals surface area contributed by atoms with Crippen molar-refractivity contribution < 1.29 is 14.3 Å². The summed E-state index contributed by atoms with van der Waals surface area (Å²) in [4.78, 5) is 11.2. The van der Waals surface area contributed by atoms with Crippen molar-refractivity contribution in [3.8, 4) is 5.75 Å². The number of allylic oxidation sites excluding steroid dienone is 1. The second kappa shape index (κ2) is 7.12. The molecule has 0 saturated heterocycles. The fourth-order valence-electron chi connectivity index (χ4n) is 1.14. The molecule has 0 bridgehead atoms. The van der Waals surface area contributed by atoms with Gasteiger partial charge in [0.15, 0.2) is 0 Å². The van der Waals surface area contributed by atoms with Crippen LogP contribution in [0, 0.1) is 0 Å². The van der Waals surface area contributed by atoms with E-state index in [1.807, 2.05) is 38.1 Å². The van der Waals surface area contributed by atoms with Crippen LogP contribution in [0.5, 0.6) is 5.75 Å². The molecule has 0 unspecified atom stereocenters. The van der Waals surface area contributed by atoms with Crippen molar-refractivity contribution in [2.75, 3.05) is 13.2 Å². The highest BCUT2D eigenvalue weighted by molar-refractivity contribution is 9.10. The molecule has 0 heterocycles. The van der Waals surface area contributed by atoms with Gasteiger partial charge in [-0.3, -0.25) is 0 Å². The molecule has 92 valence electrons. The second-order valence-electron chi connectivity index (χ2n) is 3.70. The summed E-state index contributed by atoms with van der Waals surface area (Å²) in [5.41, 5.74) is 0.919. The molecule has 0 aromatic heterocycles. The number of rotatable bonds is 5. The smallest absolute Gasteiger partial charge is 0.330 e. The number of ether oxygens (including phenoxy) is 2. The van der Waals surface area contributed by atoms with Gasteiger partial charge in [0.05, 0.1) is 0 Å². The minimum atomic E-state index is -0.331. The molecule has 0 N–H and O–H groups in total. The molecule has 0 aliphatic carbocycles. The highest BCUT2D eigenvalue weighted by Crippen LogP contribution is 2.17. The minimum absolute atomic E-state index is 0.245. The Bertz CT molecular complexity index is 409. The third kappa shape index (κ3) is 6.12. The number of benzene rings is 1. The lowest BCUT2D eigenvalue weighted by atomic mass is 10.3. The van der Waals surface area contributed by atoms with E-state index in [0.29, 0.717) is 6.61 Å². The molecular weight excluding hydrogens is 284 g/mol. The van der Waals surface area contributed by atoms with Gasteiger partial charge in [0, 0.05) is 10.5 Å². The summed E-state index contributed by atoms with van der Waals surface area (Å²) in [6.07, 6.45) is 1.46. The lowest BCUT2D eigenvalue weighted by molar-refractivity contribution is -0.138. The summed E-state index contributed by atoms with van der Waals surface area (Å²) in [7, 11) is 0. The van der Waals surface area contributed by atoms with Crippen LogP contribution in [0.2, 0.25) is 0 Å². The monoisotopic (exact) mass is 298 g/mol. The van der Waals surface area contributed by atoms with Crippen LogP contribution in [-0.4, -0.2) is 19.2 Å². The zero-order valence-electron chi connectivity index (χ0n) is 9.90. The Hall–Kier alpha value is -1.29. The van der Waals surface area contributed by atoms with E-state index in [9.17, 15) is 4.79 Å². The predicted octanol–water partition coefficient (Wildman–Crippen LogP) is 3.34. The van der Waals surface area contributed by atoms with Crippen LogP contribution in [0.4, 0.5) is 0 Å². The number of esters is 1. The molecule has 0 atom stereocenters. The van der Waals surface area contributed by atoms with E-state index < -0.39 is 0 Å². The van der Waals surface area contributed by atoms with Crippen molar-refractivity contribution in [2.45, 2.75) is 13.8 Å². The Labute approximate surface area is 110 Å². The van der Waals surface area contributed by atoms with Crippen LogP contribution in [0.3, 0.4) is 0 Å². The molecule has 0 saturated carbocycles. The molecule has 0 radical (unpaired) electrons. The lowest BCUT2D eigenvalue weighted by Gasteiger charge is -2.06. The summed E-state index contributed by atoms with van der Waals surface area (Å²) in [6.45, 7) is 4.28. The predicted molar refractivity (Wildman–Crippen MR) is 70.0 cm³/mol. The Morgan fingerprint density at radius 3 is 2.76 bits per heavy atom. The van der Waals surface area contributed by atoms with Crippen LogP contribution in [0.25, 0.3) is 0 Å². The molecule has 1 aromatic rings. The summed E-state index contributed by atoms with van der Waals surface area (Å²) in [6, 6.07) is 7.51. The summed E-state index contributed by atoms with van der Waals surface area (Å²) in [5.74, 6) is 0.417. The van der Waals surface area contributed by atoms with Crippen molar-refractivity contribution in [1.82, 2.24) is 0 Å². The van der Waals surface area contributed by atoms with E-state index in [0.717, 1.165) is 15.8 Å². The fraction of sp³-hybridized carbons (Fsp3) is 0.308. The van der Waals surface area contributed by atoms with Crippen LogP contribution < -0.4 is 4.74 Å². The topological polar surface area (TPSA) is 35.5 Å². The number of hydrogen-bond acceptors (Lipinski definition) is 3. The van der Waals surface area contributed by atoms with Gasteiger partial charge in [0.1, 0.15) is 19.0 Å². The number of halogens is 1. The van der Waals surface area contributed by atoms with Gasteiger partial charge in [-0.2, -0.15) is 0 Å². The van der Waals surface area contributed by atoms with E-state index in [-0.39, 0.29) is 12.6 Å². The standard InChI is InChI=1S/C13H15BrO3/c1-10(2)8-13(15)17-7-6-16-12-5-3-4-11(14)9-12/h3-5,8-9H,6-7H2,1-2H3. The second-order valence-corrected chi connectivity index (χ2v) is 4.61. The molecule has 0 aliphatic heterocycles. The molecule has 3 nitrogen and oxygen atoms in total. The van der Waals surface area contributed by atoms with Gasteiger partial charge in [0.2, 0.25) is 0 Å². The summed E-state index contributed by atoms with van der Waals surface area (Å²) in [5, 5.41) is 0. The van der Waals surface area contributed by atoms with Crippen molar-refractivity contribution in [3.05, 3.63) is 40.4 Å². The third-order valence-corrected chi connectivity index (χ3v) is 2.29. The van der Waals surface area contributed by atoms with E-state index in [1.165, 1.54) is 6.08 Å². The molecule has 4 heteroatoms. The first-order chi connectivity index (χ1) is 8.08. The average molecular weight is 299 g/mol. The number of hydrogen-bond donors (Lipinski definition) is 0. The first kappa shape index (κ1) is 13.8. The van der Waals surface area contributed by atoms with E-state index in [4.69, 9.17) is 9.47 Å². The Balaban J connectivity index is 2.25. The van der Waals surface area contributed by atoms with E-state index in [2.05, 4.69) is 15.9 Å². The van der Waals surface area contributed by atoms with Gasteiger partial charge in [-0.1, -0.05) is 27.6 Å². The van der Waals surface area contributed by atoms with Crippen molar-refractivity contribution in [1.29, 1.82) is 0 Å². The van der Waals surface area contributed by atoms with E-state index >= 15 is 0 Å². The van der Waals surface area contributed by atoms with Crippen LogP contribution in [0.1, 0.15) is 13.8 Å². The third-order valence-electron chi connectivity index (χ3n) is 1.80. The zero-order chi connectivity index (χ0) is 12.7. The quantitative estimate of drug-likeness (QED) is 0.475. The number of carbonyl (C=O) groups is 1. The molecular formula is C13H15BrO3. The van der Waals surface area contributed by atoms with Crippen molar-refractivity contribution >= 4 is 21.9 Å². The summed E-state index contributed by atoms with van der Waals surface area (Å²) >= 11 is 3.35. The van der Waals surface area contributed by atoms with Crippen LogP contribution in [-0.2, 0) is 9.53 Å². The molecule has 0 aliphatic rings. The molecule has 0 spiro atoms. The van der Waals surface area contributed by atoms with Gasteiger partial charge in [-0.15, -0.1) is 0 Å². The maximum atomic E-state index is 11.2. The molecule has 0 fully saturated rings. The van der Waals surface area contributed by atoms with Gasteiger partial charge in [-0.05, 0) is 32.0 Å². The van der Waals surface area contributed by atoms with Crippen molar-refractivity contribution in [2.24, 2.45) is 0 Å². The SMILES string of the molecule is CC(C)=CC(=O)OCCOc1cccc(Br)c1. The van der Waals surface area contributed by atoms with Crippen LogP contribution >= 0.6 is 15.9 Å². The Morgan fingerprint density at radius 1 is 1.35 bits per heavy atom. The van der Waals surface area contributed by atoms with Crippen LogP contribution in [0.15, 0.2) is 40.4 Å². The lowest BCUT2D eigenvalue weighted by Crippen LogP contribution is -2.10. The maximum absolute atomic E-state index is 11.2.